The summed E-state index contributed by atoms with van der Waals surface area (Å²) in [6.07, 6.45) is 4.42. The van der Waals surface area contributed by atoms with Crippen LogP contribution in [0.4, 0.5) is 0 Å². The van der Waals surface area contributed by atoms with Gasteiger partial charge < -0.3 is 14.2 Å². The van der Waals surface area contributed by atoms with E-state index in [1.807, 2.05) is 49.4 Å². The highest BCUT2D eigenvalue weighted by molar-refractivity contribution is 7.85. The van der Waals surface area contributed by atoms with E-state index in [0.29, 0.717) is 19.0 Å². The minimum atomic E-state index is -1.01. The lowest BCUT2D eigenvalue weighted by atomic mass is 10.1. The molecule has 5 atom stereocenters. The second kappa shape index (κ2) is 9.98. The maximum absolute atomic E-state index is 12.6. The van der Waals surface area contributed by atoms with Crippen molar-refractivity contribution in [3.8, 4) is 0 Å². The van der Waals surface area contributed by atoms with Crippen LogP contribution in [0, 0.1) is 6.92 Å². The molecule has 2 unspecified atom stereocenters. The second-order valence-electron chi connectivity index (χ2n) is 8.07. The lowest BCUT2D eigenvalue weighted by molar-refractivity contribution is -0.0795. The third-order valence-corrected chi connectivity index (χ3v) is 7.20. The molecule has 0 radical (unpaired) electrons. The van der Waals surface area contributed by atoms with Crippen LogP contribution in [0.3, 0.4) is 0 Å². The number of rotatable bonds is 8. The van der Waals surface area contributed by atoms with E-state index >= 15 is 0 Å². The summed E-state index contributed by atoms with van der Waals surface area (Å²) in [6.45, 7) is 3.29. The molecular weight excluding hydrogens is 384 g/mol. The lowest BCUT2D eigenvalue weighted by Gasteiger charge is -2.20. The first-order valence-electron chi connectivity index (χ1n) is 10.5. The van der Waals surface area contributed by atoms with E-state index < -0.39 is 10.8 Å². The maximum Gasteiger partial charge on any atom is 0.0842 e. The van der Waals surface area contributed by atoms with Gasteiger partial charge in [-0.2, -0.15) is 0 Å². The molecule has 5 heteroatoms. The molecule has 0 N–H and O–H groups in total. The molecule has 4 rings (SSSR count). The summed E-state index contributed by atoms with van der Waals surface area (Å²) in [4.78, 5) is 0.885. The largest absolute Gasteiger partial charge is 0.374 e. The van der Waals surface area contributed by atoms with Gasteiger partial charge in [0.2, 0.25) is 0 Å². The van der Waals surface area contributed by atoms with Gasteiger partial charge in [0.15, 0.2) is 0 Å². The molecule has 0 saturated carbocycles. The van der Waals surface area contributed by atoms with Crippen molar-refractivity contribution in [3.05, 3.63) is 65.7 Å². The highest BCUT2D eigenvalue weighted by Gasteiger charge is 2.37. The smallest absolute Gasteiger partial charge is 0.0842 e. The molecule has 2 aromatic carbocycles. The van der Waals surface area contributed by atoms with Gasteiger partial charge >= 0.3 is 0 Å². The lowest BCUT2D eigenvalue weighted by Crippen LogP contribution is -2.29. The second-order valence-corrected chi connectivity index (χ2v) is 9.57. The molecule has 2 aliphatic rings. The Morgan fingerprint density at radius 2 is 1.55 bits per heavy atom. The van der Waals surface area contributed by atoms with E-state index in [9.17, 15) is 4.21 Å². The van der Waals surface area contributed by atoms with Crippen LogP contribution in [0.25, 0.3) is 0 Å². The van der Waals surface area contributed by atoms with Crippen LogP contribution in [-0.2, 0) is 31.6 Å². The van der Waals surface area contributed by atoms with E-state index in [1.54, 1.807) is 0 Å². The third kappa shape index (κ3) is 5.76. The zero-order valence-corrected chi connectivity index (χ0v) is 17.8. The highest BCUT2D eigenvalue weighted by Crippen LogP contribution is 2.32. The molecule has 0 bridgehead atoms. The van der Waals surface area contributed by atoms with E-state index in [4.69, 9.17) is 14.2 Å². The average Bonchev–Trinajstić information content (AvgIpc) is 3.39. The molecule has 0 amide bonds. The molecule has 2 fully saturated rings. The van der Waals surface area contributed by atoms with Crippen molar-refractivity contribution < 1.29 is 18.4 Å². The summed E-state index contributed by atoms with van der Waals surface area (Å²) in [5.74, 6) is 0.565. The first-order valence-corrected chi connectivity index (χ1v) is 11.9. The number of hydrogen-bond donors (Lipinski definition) is 0. The topological polar surface area (TPSA) is 44.8 Å². The number of ether oxygens (including phenoxy) is 3. The number of hydrogen-bond acceptors (Lipinski definition) is 4. The first kappa shape index (κ1) is 20.7. The molecule has 0 aromatic heterocycles. The van der Waals surface area contributed by atoms with Gasteiger partial charge in [-0.3, -0.25) is 4.21 Å². The molecule has 2 heterocycles. The SMILES string of the molecule is Cc1ccc(S(=O)C[C@H]2CC[C@@H]([C@@H]3CCC(COCc4ccccc4)O3)O2)cc1. The quantitative estimate of drug-likeness (QED) is 0.642. The Morgan fingerprint density at radius 3 is 2.28 bits per heavy atom. The Kier molecular flexibility index (Phi) is 7.14. The summed E-state index contributed by atoms with van der Waals surface area (Å²) in [7, 11) is -1.01. The van der Waals surface area contributed by atoms with Crippen LogP contribution in [0.5, 0.6) is 0 Å². The van der Waals surface area contributed by atoms with Gasteiger partial charge in [-0.05, 0) is 50.3 Å². The van der Waals surface area contributed by atoms with Crippen molar-refractivity contribution in [1.82, 2.24) is 0 Å². The van der Waals surface area contributed by atoms with Crippen LogP contribution in [0.2, 0.25) is 0 Å². The molecule has 2 aromatic rings. The number of benzene rings is 2. The summed E-state index contributed by atoms with van der Waals surface area (Å²) in [5.41, 5.74) is 2.37. The van der Waals surface area contributed by atoms with Crippen molar-refractivity contribution >= 4 is 10.8 Å². The van der Waals surface area contributed by atoms with Gasteiger partial charge in [-0.1, -0.05) is 48.0 Å². The molecule has 0 aliphatic carbocycles. The minimum absolute atomic E-state index is 0.0547. The zero-order chi connectivity index (χ0) is 20.1. The molecule has 2 saturated heterocycles. The van der Waals surface area contributed by atoms with E-state index in [-0.39, 0.29) is 24.4 Å². The zero-order valence-electron chi connectivity index (χ0n) is 17.0. The van der Waals surface area contributed by atoms with Gasteiger partial charge in [-0.25, -0.2) is 0 Å². The van der Waals surface area contributed by atoms with Gasteiger partial charge in [0.1, 0.15) is 0 Å². The Balaban J connectivity index is 1.18. The predicted octanol–water partition coefficient (Wildman–Crippen LogP) is 4.41. The highest BCUT2D eigenvalue weighted by atomic mass is 32.2. The predicted molar refractivity (Wildman–Crippen MR) is 114 cm³/mol. The van der Waals surface area contributed by atoms with Crippen LogP contribution in [0.1, 0.15) is 36.8 Å². The standard InChI is InChI=1S/C24H30O4S/c1-18-7-11-22(12-8-18)29(25)17-21-10-14-24(28-21)23-13-9-20(27-23)16-26-15-19-5-3-2-4-6-19/h2-8,11-12,20-21,23-24H,9-10,13-17H2,1H3/t20?,21-,23+,24+,29?/m1/s1. The fourth-order valence-corrected chi connectivity index (χ4v) is 5.31. The molecule has 0 spiro atoms. The van der Waals surface area contributed by atoms with Crippen molar-refractivity contribution in [2.45, 2.75) is 68.5 Å². The molecular formula is C24H30O4S. The average molecular weight is 415 g/mol. The van der Waals surface area contributed by atoms with Gasteiger partial charge in [0, 0.05) is 4.90 Å². The summed E-state index contributed by atoms with van der Waals surface area (Å²) < 4.78 is 30.9. The van der Waals surface area contributed by atoms with Crippen molar-refractivity contribution in [2.24, 2.45) is 0 Å². The Labute approximate surface area is 176 Å². The Bertz CT molecular complexity index is 792. The van der Waals surface area contributed by atoms with Crippen molar-refractivity contribution in [2.75, 3.05) is 12.4 Å². The van der Waals surface area contributed by atoms with Crippen molar-refractivity contribution in [3.63, 3.8) is 0 Å². The van der Waals surface area contributed by atoms with Crippen LogP contribution < -0.4 is 0 Å². The summed E-state index contributed by atoms with van der Waals surface area (Å²) in [5, 5.41) is 0. The van der Waals surface area contributed by atoms with E-state index in [1.165, 1.54) is 11.1 Å². The summed E-state index contributed by atoms with van der Waals surface area (Å²) >= 11 is 0. The molecule has 4 nitrogen and oxygen atoms in total. The number of aryl methyl sites for hydroxylation is 1. The van der Waals surface area contributed by atoms with Crippen LogP contribution in [0.15, 0.2) is 59.5 Å². The fourth-order valence-electron chi connectivity index (χ4n) is 4.10. The van der Waals surface area contributed by atoms with E-state index in [0.717, 1.165) is 30.6 Å². The maximum atomic E-state index is 12.6. The van der Waals surface area contributed by atoms with E-state index in [2.05, 4.69) is 12.1 Å². The van der Waals surface area contributed by atoms with Gasteiger partial charge in [0.05, 0.1) is 54.2 Å². The van der Waals surface area contributed by atoms with Crippen LogP contribution in [-0.4, -0.2) is 41.0 Å². The van der Waals surface area contributed by atoms with Gasteiger partial charge in [-0.15, -0.1) is 0 Å². The fraction of sp³-hybridized carbons (Fsp3) is 0.500. The molecule has 156 valence electrons. The monoisotopic (exact) mass is 414 g/mol. The minimum Gasteiger partial charge on any atom is -0.374 e. The third-order valence-electron chi connectivity index (χ3n) is 5.73. The van der Waals surface area contributed by atoms with Gasteiger partial charge in [0.25, 0.3) is 0 Å². The summed E-state index contributed by atoms with van der Waals surface area (Å²) in [6, 6.07) is 18.2. The Hall–Kier alpha value is -1.53. The molecule has 2 aliphatic heterocycles. The normalized spacial score (nSPS) is 27.9. The Morgan fingerprint density at radius 1 is 0.897 bits per heavy atom. The van der Waals surface area contributed by atoms with Crippen molar-refractivity contribution in [1.29, 1.82) is 0 Å². The first-order chi connectivity index (χ1) is 14.2. The molecule has 29 heavy (non-hydrogen) atoms. The van der Waals surface area contributed by atoms with Crippen LogP contribution >= 0.6 is 0 Å².